The lowest BCUT2D eigenvalue weighted by molar-refractivity contribution is -0.150. The van der Waals surface area contributed by atoms with Gasteiger partial charge in [-0.15, -0.1) is 0 Å². The maximum absolute atomic E-state index is 11.2. The first-order valence-corrected chi connectivity index (χ1v) is 6.75. The molecule has 0 fully saturated rings. The van der Waals surface area contributed by atoms with Crippen molar-refractivity contribution in [3.63, 3.8) is 0 Å². The lowest BCUT2D eigenvalue weighted by Gasteiger charge is -2.12. The third-order valence-corrected chi connectivity index (χ3v) is 2.69. The van der Waals surface area contributed by atoms with Crippen LogP contribution in [0.3, 0.4) is 0 Å². The molecule has 3 heteroatoms. The minimum absolute atomic E-state index is 0.0620. The van der Waals surface area contributed by atoms with Crippen LogP contribution in [0.2, 0.25) is 0 Å². The van der Waals surface area contributed by atoms with E-state index in [4.69, 9.17) is 4.74 Å². The van der Waals surface area contributed by atoms with Crippen molar-refractivity contribution in [2.75, 3.05) is 0 Å². The summed E-state index contributed by atoms with van der Waals surface area (Å²) in [6.07, 6.45) is 8.18. The molecule has 3 nitrogen and oxygen atoms in total. The van der Waals surface area contributed by atoms with Crippen molar-refractivity contribution < 1.29 is 14.3 Å². The Labute approximate surface area is 105 Å². The molecule has 0 N–H and O–H groups in total. The van der Waals surface area contributed by atoms with Crippen LogP contribution in [0.15, 0.2) is 0 Å². The molecule has 0 aromatic rings. The van der Waals surface area contributed by atoms with Crippen LogP contribution >= 0.6 is 0 Å². The Bertz CT molecular complexity index is 224. The zero-order chi connectivity index (χ0) is 13.1. The Morgan fingerprint density at radius 2 is 1.65 bits per heavy atom. The zero-order valence-electron chi connectivity index (χ0n) is 11.5. The Kier molecular flexibility index (Phi) is 9.78. The van der Waals surface area contributed by atoms with Gasteiger partial charge in [-0.1, -0.05) is 39.0 Å². The fourth-order valence-corrected chi connectivity index (χ4v) is 1.74. The van der Waals surface area contributed by atoms with Crippen LogP contribution in [-0.4, -0.2) is 17.9 Å². The number of unbranched alkanes of at least 4 members (excludes halogenated alkanes) is 5. The van der Waals surface area contributed by atoms with Gasteiger partial charge >= 0.3 is 5.97 Å². The molecule has 0 radical (unpaired) electrons. The number of rotatable bonds is 10. The second kappa shape index (κ2) is 10.3. The average molecular weight is 242 g/mol. The topological polar surface area (TPSA) is 43.4 Å². The van der Waals surface area contributed by atoms with Gasteiger partial charge in [0, 0.05) is 0 Å². The molecule has 17 heavy (non-hydrogen) atoms. The van der Waals surface area contributed by atoms with E-state index in [2.05, 4.69) is 6.92 Å². The van der Waals surface area contributed by atoms with Crippen molar-refractivity contribution in [1.82, 2.24) is 0 Å². The average Bonchev–Trinajstić information content (AvgIpc) is 2.21. The van der Waals surface area contributed by atoms with Crippen molar-refractivity contribution in [1.29, 1.82) is 0 Å². The number of ketones is 1. The van der Waals surface area contributed by atoms with E-state index < -0.39 is 5.97 Å². The normalized spacial score (nSPS) is 12.2. The van der Waals surface area contributed by atoms with Crippen molar-refractivity contribution in [3.8, 4) is 0 Å². The van der Waals surface area contributed by atoms with Gasteiger partial charge in [0.05, 0.1) is 6.10 Å². The molecular formula is C14H26O3. The highest BCUT2D eigenvalue weighted by Gasteiger charge is 2.10. The van der Waals surface area contributed by atoms with Gasteiger partial charge in [-0.2, -0.15) is 0 Å². The van der Waals surface area contributed by atoms with E-state index in [1.807, 2.05) is 6.92 Å². The number of hydrogen-bond donors (Lipinski definition) is 0. The fraction of sp³-hybridized carbons (Fsp3) is 0.857. The summed E-state index contributed by atoms with van der Waals surface area (Å²) in [5.41, 5.74) is 0. The van der Waals surface area contributed by atoms with Crippen molar-refractivity contribution >= 4 is 11.8 Å². The summed E-state index contributed by atoms with van der Waals surface area (Å²) in [5.74, 6) is -0.530. The van der Waals surface area contributed by atoms with Crippen molar-refractivity contribution in [3.05, 3.63) is 0 Å². The predicted molar refractivity (Wildman–Crippen MR) is 68.8 cm³/mol. The molecule has 0 spiro atoms. The third-order valence-electron chi connectivity index (χ3n) is 2.69. The van der Waals surface area contributed by atoms with E-state index in [1.54, 1.807) is 0 Å². The standard InChI is InChI=1S/C14H26O3/c1-4-5-6-7-8-9-10-13(3)17-14(16)11-12(2)15/h13H,4-11H2,1-3H3. The molecule has 0 aliphatic carbocycles. The molecule has 0 heterocycles. The Balaban J connectivity index is 3.42. The van der Waals surface area contributed by atoms with E-state index in [0.29, 0.717) is 0 Å². The summed E-state index contributed by atoms with van der Waals surface area (Å²) in [4.78, 5) is 21.9. The quantitative estimate of drug-likeness (QED) is 0.333. The Morgan fingerprint density at radius 1 is 1.06 bits per heavy atom. The van der Waals surface area contributed by atoms with Crippen LogP contribution in [0.1, 0.15) is 72.1 Å². The lowest BCUT2D eigenvalue weighted by Crippen LogP contribution is -2.16. The molecule has 0 saturated heterocycles. The highest BCUT2D eigenvalue weighted by Crippen LogP contribution is 2.10. The van der Waals surface area contributed by atoms with Crippen LogP contribution in [0.4, 0.5) is 0 Å². The highest BCUT2D eigenvalue weighted by molar-refractivity contribution is 5.94. The second-order valence-electron chi connectivity index (χ2n) is 4.74. The molecule has 100 valence electrons. The molecule has 0 aromatic heterocycles. The molecule has 1 atom stereocenters. The first-order chi connectivity index (χ1) is 8.06. The Morgan fingerprint density at radius 3 is 2.24 bits per heavy atom. The summed E-state index contributed by atoms with van der Waals surface area (Å²) in [7, 11) is 0. The molecule has 0 bridgehead atoms. The van der Waals surface area contributed by atoms with Crippen LogP contribution in [0.25, 0.3) is 0 Å². The van der Waals surface area contributed by atoms with Crippen LogP contribution in [-0.2, 0) is 14.3 Å². The number of carbonyl (C=O) groups is 2. The number of carbonyl (C=O) groups excluding carboxylic acids is 2. The summed E-state index contributed by atoms with van der Waals surface area (Å²) in [5, 5.41) is 0. The minimum atomic E-state index is -0.393. The fourth-order valence-electron chi connectivity index (χ4n) is 1.74. The number of hydrogen-bond acceptors (Lipinski definition) is 3. The van der Waals surface area contributed by atoms with Gasteiger partial charge in [-0.05, 0) is 26.7 Å². The molecule has 1 unspecified atom stereocenters. The van der Waals surface area contributed by atoms with Crippen LogP contribution in [0, 0.1) is 0 Å². The lowest BCUT2D eigenvalue weighted by atomic mass is 10.1. The monoisotopic (exact) mass is 242 g/mol. The molecule has 0 amide bonds. The molecule has 0 rings (SSSR count). The van der Waals surface area contributed by atoms with Crippen LogP contribution in [0.5, 0.6) is 0 Å². The summed E-state index contributed by atoms with van der Waals surface area (Å²) in [6, 6.07) is 0. The van der Waals surface area contributed by atoms with Gasteiger partial charge in [-0.25, -0.2) is 0 Å². The largest absolute Gasteiger partial charge is 0.462 e. The van der Waals surface area contributed by atoms with Crippen LogP contribution < -0.4 is 0 Å². The van der Waals surface area contributed by atoms with E-state index in [1.165, 1.54) is 39.0 Å². The van der Waals surface area contributed by atoms with Gasteiger partial charge < -0.3 is 4.74 Å². The summed E-state index contributed by atoms with van der Waals surface area (Å²) < 4.78 is 5.13. The molecule has 0 aromatic carbocycles. The number of Topliss-reactive ketones (excluding diaryl/α,β-unsaturated/α-hetero) is 1. The minimum Gasteiger partial charge on any atom is -0.462 e. The smallest absolute Gasteiger partial charge is 0.313 e. The van der Waals surface area contributed by atoms with Gasteiger partial charge in [0.2, 0.25) is 0 Å². The zero-order valence-corrected chi connectivity index (χ0v) is 11.5. The van der Waals surface area contributed by atoms with Crippen molar-refractivity contribution in [2.24, 2.45) is 0 Å². The third kappa shape index (κ3) is 11.4. The van der Waals surface area contributed by atoms with E-state index in [0.717, 1.165) is 12.8 Å². The first kappa shape index (κ1) is 16.1. The van der Waals surface area contributed by atoms with Gasteiger partial charge in [0.1, 0.15) is 12.2 Å². The maximum Gasteiger partial charge on any atom is 0.313 e. The molecular weight excluding hydrogens is 216 g/mol. The summed E-state index contributed by atoms with van der Waals surface area (Å²) in [6.45, 7) is 5.50. The van der Waals surface area contributed by atoms with E-state index in [9.17, 15) is 9.59 Å². The first-order valence-electron chi connectivity index (χ1n) is 6.75. The highest BCUT2D eigenvalue weighted by atomic mass is 16.5. The molecule has 0 saturated carbocycles. The summed E-state index contributed by atoms with van der Waals surface area (Å²) >= 11 is 0. The SMILES string of the molecule is CCCCCCCCC(C)OC(=O)CC(C)=O. The number of ether oxygens (including phenoxy) is 1. The number of esters is 1. The second-order valence-corrected chi connectivity index (χ2v) is 4.74. The molecule has 0 aliphatic rings. The van der Waals surface area contributed by atoms with Gasteiger partial charge in [0.15, 0.2) is 0 Å². The van der Waals surface area contributed by atoms with Crippen molar-refractivity contribution in [2.45, 2.75) is 78.2 Å². The molecule has 0 aliphatic heterocycles. The van der Waals surface area contributed by atoms with Gasteiger partial charge in [-0.3, -0.25) is 9.59 Å². The Hall–Kier alpha value is -0.860. The van der Waals surface area contributed by atoms with E-state index in [-0.39, 0.29) is 18.3 Å². The predicted octanol–water partition coefficient (Wildman–Crippen LogP) is 3.65. The van der Waals surface area contributed by atoms with E-state index >= 15 is 0 Å². The van der Waals surface area contributed by atoms with Gasteiger partial charge in [0.25, 0.3) is 0 Å². The maximum atomic E-state index is 11.2.